The molecule has 3 rings (SSSR count). The number of H-pyrrole nitrogens is 1. The van der Waals surface area contributed by atoms with Gasteiger partial charge < -0.3 is 9.72 Å². The Labute approximate surface area is 114 Å². The molecule has 1 saturated heterocycles. The zero-order chi connectivity index (χ0) is 14.1. The largest absolute Gasteiger partial charge is 0.381 e. The number of hydrogen-bond acceptors (Lipinski definition) is 4. The molecule has 0 spiro atoms. The topological polar surface area (TPSA) is 85.2 Å². The molecule has 104 valence electrons. The molecule has 1 N–H and O–H groups in total. The van der Waals surface area contributed by atoms with Gasteiger partial charge in [-0.25, -0.2) is 0 Å². The zero-order valence-corrected chi connectivity index (χ0v) is 10.8. The van der Waals surface area contributed by atoms with Crippen LogP contribution in [0.15, 0.2) is 24.4 Å². The smallest absolute Gasteiger partial charge is 0.293 e. The highest BCUT2D eigenvalue weighted by molar-refractivity contribution is 6.10. The van der Waals surface area contributed by atoms with Gasteiger partial charge in [-0.05, 0) is 12.8 Å². The molecule has 1 aliphatic heterocycles. The molecule has 0 bridgehead atoms. The number of nitro groups is 1. The number of nitro benzene ring substituents is 1. The summed E-state index contributed by atoms with van der Waals surface area (Å²) in [6, 6.07) is 4.78. The lowest BCUT2D eigenvalue weighted by atomic mass is 9.91. The molecule has 0 saturated carbocycles. The first-order valence-corrected chi connectivity index (χ1v) is 6.55. The van der Waals surface area contributed by atoms with Crippen LogP contribution in [0.2, 0.25) is 0 Å². The van der Waals surface area contributed by atoms with Gasteiger partial charge in [0.05, 0.1) is 4.92 Å². The van der Waals surface area contributed by atoms with Crippen LogP contribution in [0.25, 0.3) is 10.9 Å². The molecule has 6 heteroatoms. The second kappa shape index (κ2) is 5.05. The summed E-state index contributed by atoms with van der Waals surface area (Å²) in [6.07, 6.45) is 3.00. The van der Waals surface area contributed by atoms with E-state index >= 15 is 0 Å². The predicted molar refractivity (Wildman–Crippen MR) is 72.8 cm³/mol. The number of hydrogen-bond donors (Lipinski definition) is 1. The molecule has 0 amide bonds. The van der Waals surface area contributed by atoms with Crippen molar-refractivity contribution in [2.24, 2.45) is 5.92 Å². The molecular weight excluding hydrogens is 260 g/mol. The molecule has 1 aromatic carbocycles. The number of aromatic nitrogens is 1. The van der Waals surface area contributed by atoms with E-state index in [1.165, 1.54) is 6.07 Å². The highest BCUT2D eigenvalue weighted by Crippen LogP contribution is 2.30. The number of non-ortho nitro benzene ring substituents is 1. The maximum absolute atomic E-state index is 12.5. The zero-order valence-electron chi connectivity index (χ0n) is 10.8. The van der Waals surface area contributed by atoms with Gasteiger partial charge in [-0.1, -0.05) is 12.1 Å². The number of carbonyl (C=O) groups excluding carboxylic acids is 1. The lowest BCUT2D eigenvalue weighted by molar-refractivity contribution is -0.383. The summed E-state index contributed by atoms with van der Waals surface area (Å²) in [6.45, 7) is 1.19. The second-order valence-electron chi connectivity index (χ2n) is 4.91. The van der Waals surface area contributed by atoms with E-state index in [9.17, 15) is 14.9 Å². The van der Waals surface area contributed by atoms with E-state index in [2.05, 4.69) is 4.98 Å². The minimum Gasteiger partial charge on any atom is -0.381 e. The lowest BCUT2D eigenvalue weighted by Gasteiger charge is -2.20. The fourth-order valence-electron chi connectivity index (χ4n) is 2.67. The van der Waals surface area contributed by atoms with Crippen molar-refractivity contribution >= 4 is 22.4 Å². The van der Waals surface area contributed by atoms with Crippen LogP contribution in [0.4, 0.5) is 5.69 Å². The molecule has 1 aliphatic rings. The summed E-state index contributed by atoms with van der Waals surface area (Å²) < 4.78 is 5.26. The van der Waals surface area contributed by atoms with Crippen molar-refractivity contribution in [1.29, 1.82) is 0 Å². The van der Waals surface area contributed by atoms with E-state index in [-0.39, 0.29) is 17.4 Å². The van der Waals surface area contributed by atoms with Crippen LogP contribution in [-0.4, -0.2) is 28.9 Å². The van der Waals surface area contributed by atoms with Crippen molar-refractivity contribution in [3.8, 4) is 0 Å². The fourth-order valence-corrected chi connectivity index (χ4v) is 2.67. The molecule has 20 heavy (non-hydrogen) atoms. The number of nitrogens with one attached hydrogen (secondary N) is 1. The third kappa shape index (κ3) is 2.08. The summed E-state index contributed by atoms with van der Waals surface area (Å²) in [4.78, 5) is 25.9. The van der Waals surface area contributed by atoms with Gasteiger partial charge in [0.15, 0.2) is 5.78 Å². The maximum atomic E-state index is 12.5. The highest BCUT2D eigenvalue weighted by atomic mass is 16.6. The summed E-state index contributed by atoms with van der Waals surface area (Å²) in [5.74, 6) is -0.0120. The molecule has 0 atom stereocenters. The first-order valence-electron chi connectivity index (χ1n) is 6.55. The van der Waals surface area contributed by atoms with Crippen LogP contribution in [0.3, 0.4) is 0 Å². The van der Waals surface area contributed by atoms with Crippen LogP contribution < -0.4 is 0 Å². The minimum absolute atomic E-state index is 0.00599. The van der Waals surface area contributed by atoms with Gasteiger partial charge in [0.1, 0.15) is 5.52 Å². The van der Waals surface area contributed by atoms with Crippen molar-refractivity contribution in [1.82, 2.24) is 4.98 Å². The number of ketones is 1. The molecule has 6 nitrogen and oxygen atoms in total. The number of ether oxygens (including phenoxy) is 1. The Morgan fingerprint density at radius 2 is 2.10 bits per heavy atom. The Morgan fingerprint density at radius 1 is 1.35 bits per heavy atom. The van der Waals surface area contributed by atoms with Crippen LogP contribution in [0.1, 0.15) is 23.2 Å². The third-order valence-corrected chi connectivity index (χ3v) is 3.75. The van der Waals surface area contributed by atoms with Crippen LogP contribution in [0, 0.1) is 16.0 Å². The molecule has 0 aliphatic carbocycles. The number of fused-ring (bicyclic) bond motifs is 1. The SMILES string of the molecule is O=C(c1c[nH]c2c([N+](=O)[O-])cccc12)C1CCOCC1. The number of nitrogens with zero attached hydrogens (tertiary/aromatic N) is 1. The Kier molecular flexibility index (Phi) is 3.23. The Bertz CT molecular complexity index is 671. The van der Waals surface area contributed by atoms with Gasteiger partial charge in [0.25, 0.3) is 5.69 Å². The number of rotatable bonds is 3. The van der Waals surface area contributed by atoms with E-state index in [1.807, 2.05) is 0 Å². The quantitative estimate of drug-likeness (QED) is 0.529. The number of para-hydroxylation sites is 1. The summed E-state index contributed by atoms with van der Waals surface area (Å²) in [5, 5.41) is 11.6. The first-order chi connectivity index (χ1) is 9.68. The molecule has 2 aromatic rings. The van der Waals surface area contributed by atoms with E-state index in [1.54, 1.807) is 18.3 Å². The van der Waals surface area contributed by atoms with Crippen molar-refractivity contribution in [3.05, 3.63) is 40.1 Å². The molecule has 1 aromatic heterocycles. The molecule has 1 fully saturated rings. The van der Waals surface area contributed by atoms with Crippen molar-refractivity contribution in [3.63, 3.8) is 0 Å². The normalized spacial score (nSPS) is 16.4. The van der Waals surface area contributed by atoms with Gasteiger partial charge in [-0.3, -0.25) is 14.9 Å². The van der Waals surface area contributed by atoms with Crippen LogP contribution in [-0.2, 0) is 4.74 Å². The molecule has 2 heterocycles. The summed E-state index contributed by atoms with van der Waals surface area (Å²) in [5.41, 5.74) is 0.942. The lowest BCUT2D eigenvalue weighted by Crippen LogP contribution is -2.23. The average Bonchev–Trinajstić information content (AvgIpc) is 2.91. The first kappa shape index (κ1) is 12.8. The Morgan fingerprint density at radius 3 is 2.80 bits per heavy atom. The van der Waals surface area contributed by atoms with Crippen molar-refractivity contribution in [2.45, 2.75) is 12.8 Å². The van der Waals surface area contributed by atoms with E-state index in [0.29, 0.717) is 42.5 Å². The Balaban J connectivity index is 2.02. The van der Waals surface area contributed by atoms with Gasteiger partial charge in [0.2, 0.25) is 0 Å². The van der Waals surface area contributed by atoms with Crippen LogP contribution >= 0.6 is 0 Å². The molecule has 0 unspecified atom stereocenters. The number of benzene rings is 1. The van der Waals surface area contributed by atoms with Gasteiger partial charge in [0, 0.05) is 42.3 Å². The van der Waals surface area contributed by atoms with Gasteiger partial charge >= 0.3 is 0 Å². The third-order valence-electron chi connectivity index (χ3n) is 3.75. The van der Waals surface area contributed by atoms with Gasteiger partial charge in [-0.15, -0.1) is 0 Å². The summed E-state index contributed by atoms with van der Waals surface area (Å²) >= 11 is 0. The number of carbonyl (C=O) groups is 1. The molecule has 0 radical (unpaired) electrons. The average molecular weight is 274 g/mol. The Hall–Kier alpha value is -2.21. The van der Waals surface area contributed by atoms with E-state index in [0.717, 1.165) is 0 Å². The van der Waals surface area contributed by atoms with E-state index in [4.69, 9.17) is 4.74 Å². The van der Waals surface area contributed by atoms with Gasteiger partial charge in [-0.2, -0.15) is 0 Å². The van der Waals surface area contributed by atoms with Crippen molar-refractivity contribution < 1.29 is 14.5 Å². The summed E-state index contributed by atoms with van der Waals surface area (Å²) in [7, 11) is 0. The maximum Gasteiger partial charge on any atom is 0.293 e. The minimum atomic E-state index is -0.443. The fraction of sp³-hybridized carbons (Fsp3) is 0.357. The second-order valence-corrected chi connectivity index (χ2v) is 4.91. The standard InChI is InChI=1S/C14H14N2O4/c17-14(9-4-6-20-7-5-9)11-8-15-13-10(11)2-1-3-12(13)16(18)19/h1-3,8-9,15H,4-7H2. The van der Waals surface area contributed by atoms with Crippen molar-refractivity contribution in [2.75, 3.05) is 13.2 Å². The monoisotopic (exact) mass is 274 g/mol. The number of aromatic amines is 1. The number of Topliss-reactive ketones (excluding diaryl/α,β-unsaturated/α-hetero) is 1. The highest BCUT2D eigenvalue weighted by Gasteiger charge is 2.26. The van der Waals surface area contributed by atoms with Crippen LogP contribution in [0.5, 0.6) is 0 Å². The predicted octanol–water partition coefficient (Wildman–Crippen LogP) is 2.69. The molecular formula is C14H14N2O4. The van der Waals surface area contributed by atoms with E-state index < -0.39 is 4.92 Å².